The summed E-state index contributed by atoms with van der Waals surface area (Å²) in [5.74, 6) is -1.34. The molecule has 1 aliphatic rings. The van der Waals surface area contributed by atoms with Gasteiger partial charge in [0.2, 0.25) is 10.0 Å². The number of ether oxygens (including phenoxy) is 1. The molecule has 2 aromatic rings. The van der Waals surface area contributed by atoms with Crippen LogP contribution in [0.15, 0.2) is 47.6 Å². The number of carbonyl (C=O) groups excluding carboxylic acids is 2. The maximum Gasteiger partial charge on any atom is 0.340 e. The van der Waals surface area contributed by atoms with Crippen LogP contribution < -0.4 is 5.32 Å². The Labute approximate surface area is 167 Å². The Morgan fingerprint density at radius 2 is 1.96 bits per heavy atom. The van der Waals surface area contributed by atoms with Crippen molar-refractivity contribution >= 4 is 39.2 Å². The Bertz CT molecular complexity index is 976. The minimum Gasteiger partial charge on any atom is -0.452 e. The highest BCUT2D eigenvalue weighted by Gasteiger charge is 2.27. The van der Waals surface area contributed by atoms with Gasteiger partial charge >= 0.3 is 5.97 Å². The summed E-state index contributed by atoms with van der Waals surface area (Å²) in [4.78, 5) is 27.8. The van der Waals surface area contributed by atoms with Crippen molar-refractivity contribution in [1.82, 2.24) is 9.29 Å². The molecule has 148 valence electrons. The van der Waals surface area contributed by atoms with Gasteiger partial charge in [0.25, 0.3) is 5.91 Å². The molecule has 0 radical (unpaired) electrons. The van der Waals surface area contributed by atoms with Gasteiger partial charge in [-0.2, -0.15) is 4.31 Å². The molecular weight excluding hydrogens is 406 g/mol. The maximum atomic E-state index is 12.7. The highest BCUT2D eigenvalue weighted by atomic mass is 35.5. The smallest absolute Gasteiger partial charge is 0.340 e. The Morgan fingerprint density at radius 1 is 1.21 bits per heavy atom. The molecule has 10 heteroatoms. The van der Waals surface area contributed by atoms with Crippen LogP contribution in [0.25, 0.3) is 0 Å². The number of nitrogens with zero attached hydrogens (tertiary/aromatic N) is 2. The summed E-state index contributed by atoms with van der Waals surface area (Å²) < 4.78 is 31.6. The summed E-state index contributed by atoms with van der Waals surface area (Å²) >= 11 is 6.07. The second-order valence-corrected chi connectivity index (χ2v) is 8.46. The predicted octanol–water partition coefficient (Wildman–Crippen LogP) is 2.32. The summed E-state index contributed by atoms with van der Waals surface area (Å²) in [5.41, 5.74) is 0.344. The van der Waals surface area contributed by atoms with E-state index in [-0.39, 0.29) is 21.2 Å². The van der Waals surface area contributed by atoms with Gasteiger partial charge in [-0.3, -0.25) is 9.78 Å². The van der Waals surface area contributed by atoms with E-state index >= 15 is 0 Å². The Kier molecular flexibility index (Phi) is 6.28. The quantitative estimate of drug-likeness (QED) is 0.715. The molecule has 8 nitrogen and oxygen atoms in total. The lowest BCUT2D eigenvalue weighted by Crippen LogP contribution is -2.28. The monoisotopic (exact) mass is 423 g/mol. The molecule has 1 fully saturated rings. The van der Waals surface area contributed by atoms with Crippen molar-refractivity contribution in [3.8, 4) is 0 Å². The van der Waals surface area contributed by atoms with E-state index in [1.165, 1.54) is 41.0 Å². The number of amides is 1. The molecule has 1 amide bonds. The molecule has 0 spiro atoms. The van der Waals surface area contributed by atoms with Crippen LogP contribution in [0.3, 0.4) is 0 Å². The molecule has 1 saturated heterocycles. The lowest BCUT2D eigenvalue weighted by molar-refractivity contribution is -0.119. The first-order valence-corrected chi connectivity index (χ1v) is 10.4. The summed E-state index contributed by atoms with van der Waals surface area (Å²) in [5, 5.41) is 2.65. The minimum atomic E-state index is -3.64. The van der Waals surface area contributed by atoms with E-state index in [0.29, 0.717) is 13.1 Å². The third kappa shape index (κ3) is 4.67. The zero-order valence-electron chi connectivity index (χ0n) is 14.8. The summed E-state index contributed by atoms with van der Waals surface area (Å²) in [6.07, 6.45) is 4.47. The van der Waals surface area contributed by atoms with E-state index in [4.69, 9.17) is 16.3 Å². The first kappa shape index (κ1) is 20.2. The van der Waals surface area contributed by atoms with Gasteiger partial charge in [-0.1, -0.05) is 11.6 Å². The molecule has 1 N–H and O–H groups in total. The second-order valence-electron chi connectivity index (χ2n) is 6.12. The Hall–Kier alpha value is -2.49. The first-order valence-electron chi connectivity index (χ1n) is 8.54. The number of anilines is 1. The van der Waals surface area contributed by atoms with Gasteiger partial charge in [0.15, 0.2) is 6.61 Å². The van der Waals surface area contributed by atoms with Gasteiger partial charge in [-0.15, -0.1) is 0 Å². The number of benzene rings is 1. The van der Waals surface area contributed by atoms with Crippen LogP contribution in [0, 0.1) is 0 Å². The number of rotatable bonds is 6. The number of aromatic nitrogens is 1. The molecule has 28 heavy (non-hydrogen) atoms. The standard InChI is InChI=1S/C18H18ClN3O5S/c19-15-6-5-14(28(25,26)22-8-1-2-9-22)10-16(15)21-17(23)12-27-18(24)13-4-3-7-20-11-13/h3-7,10-11H,1-2,8-9,12H2,(H,21,23). The van der Waals surface area contributed by atoms with Crippen molar-refractivity contribution in [3.05, 3.63) is 53.3 Å². The number of pyridine rings is 1. The van der Waals surface area contributed by atoms with E-state index in [9.17, 15) is 18.0 Å². The van der Waals surface area contributed by atoms with Gasteiger partial charge in [-0.05, 0) is 43.2 Å². The van der Waals surface area contributed by atoms with E-state index in [1.54, 1.807) is 6.07 Å². The van der Waals surface area contributed by atoms with Crippen LogP contribution >= 0.6 is 11.6 Å². The van der Waals surface area contributed by atoms with Gasteiger partial charge in [0.05, 0.1) is 21.2 Å². The number of nitrogens with one attached hydrogen (secondary N) is 1. The highest BCUT2D eigenvalue weighted by molar-refractivity contribution is 7.89. The van der Waals surface area contributed by atoms with Gasteiger partial charge in [-0.25, -0.2) is 13.2 Å². The number of halogens is 1. The molecule has 3 rings (SSSR count). The molecule has 0 bridgehead atoms. The molecule has 2 heterocycles. The van der Waals surface area contributed by atoms with Crippen LogP contribution in [0.4, 0.5) is 5.69 Å². The average Bonchev–Trinajstić information content (AvgIpc) is 3.24. The summed E-state index contributed by atoms with van der Waals surface area (Å²) in [6.45, 7) is 0.390. The van der Waals surface area contributed by atoms with Gasteiger partial charge in [0, 0.05) is 25.5 Å². The summed E-state index contributed by atoms with van der Waals surface area (Å²) in [6, 6.07) is 7.19. The van der Waals surface area contributed by atoms with Gasteiger partial charge < -0.3 is 10.1 Å². The normalized spacial score (nSPS) is 14.6. The first-order chi connectivity index (χ1) is 13.4. The van der Waals surface area contributed by atoms with Crippen molar-refractivity contribution in [3.63, 3.8) is 0 Å². The average molecular weight is 424 g/mol. The SMILES string of the molecule is O=C(COC(=O)c1cccnc1)Nc1cc(S(=O)(=O)N2CCCC2)ccc1Cl. The van der Waals surface area contributed by atoms with E-state index in [1.807, 2.05) is 0 Å². The highest BCUT2D eigenvalue weighted by Crippen LogP contribution is 2.28. The topological polar surface area (TPSA) is 106 Å². The van der Waals surface area contributed by atoms with Crippen LogP contribution in [0.2, 0.25) is 5.02 Å². The van der Waals surface area contributed by atoms with E-state index < -0.39 is 28.5 Å². The third-order valence-electron chi connectivity index (χ3n) is 4.15. The van der Waals surface area contributed by atoms with E-state index in [2.05, 4.69) is 10.3 Å². The maximum absolute atomic E-state index is 12.7. The predicted molar refractivity (Wildman–Crippen MR) is 103 cm³/mol. The lowest BCUT2D eigenvalue weighted by atomic mass is 10.3. The molecular formula is C18H18ClN3O5S. The number of carbonyl (C=O) groups is 2. The number of esters is 1. The van der Waals surface area contributed by atoms with Crippen molar-refractivity contribution < 1.29 is 22.7 Å². The largest absolute Gasteiger partial charge is 0.452 e. The molecule has 0 aliphatic carbocycles. The van der Waals surface area contributed by atoms with E-state index in [0.717, 1.165) is 12.8 Å². The minimum absolute atomic E-state index is 0.0430. The number of sulfonamides is 1. The van der Waals surface area contributed by atoms with Crippen LogP contribution in [-0.2, 0) is 19.6 Å². The Balaban J connectivity index is 1.66. The Morgan fingerprint density at radius 3 is 2.64 bits per heavy atom. The van der Waals surface area contributed by atoms with Gasteiger partial charge in [0.1, 0.15) is 0 Å². The van der Waals surface area contributed by atoms with Crippen molar-refractivity contribution in [1.29, 1.82) is 0 Å². The fourth-order valence-corrected chi connectivity index (χ4v) is 4.43. The zero-order chi connectivity index (χ0) is 20.1. The van der Waals surface area contributed by atoms with Crippen LogP contribution in [0.1, 0.15) is 23.2 Å². The second kappa shape index (κ2) is 8.68. The number of hydrogen-bond donors (Lipinski definition) is 1. The molecule has 1 aliphatic heterocycles. The molecule has 0 saturated carbocycles. The summed E-state index contributed by atoms with van der Waals surface area (Å²) in [7, 11) is -3.64. The number of hydrogen-bond acceptors (Lipinski definition) is 6. The fourth-order valence-electron chi connectivity index (χ4n) is 2.72. The van der Waals surface area contributed by atoms with Crippen molar-refractivity contribution in [2.45, 2.75) is 17.7 Å². The van der Waals surface area contributed by atoms with Crippen molar-refractivity contribution in [2.75, 3.05) is 25.0 Å². The lowest BCUT2D eigenvalue weighted by Gasteiger charge is -2.16. The third-order valence-corrected chi connectivity index (χ3v) is 6.37. The van der Waals surface area contributed by atoms with Crippen LogP contribution in [0.5, 0.6) is 0 Å². The van der Waals surface area contributed by atoms with Crippen molar-refractivity contribution in [2.24, 2.45) is 0 Å². The van der Waals surface area contributed by atoms with Crippen LogP contribution in [-0.4, -0.2) is 49.3 Å². The zero-order valence-corrected chi connectivity index (χ0v) is 16.4. The molecule has 1 aromatic carbocycles. The molecule has 0 atom stereocenters. The molecule has 0 unspecified atom stereocenters. The molecule has 1 aromatic heterocycles. The fraction of sp³-hybridized carbons (Fsp3) is 0.278.